The first-order chi connectivity index (χ1) is 9.30. The van der Waals surface area contributed by atoms with E-state index in [0.717, 1.165) is 18.6 Å². The standard InChI is InChI=1S/C17H26N2O/c1-16(2,3)14-8-6-9-15(12-14)20-11-7-10-17(4,13-18)19-5/h6,8-9,12,19H,7,10-11H2,1-5H3. The van der Waals surface area contributed by atoms with Crippen LogP contribution in [0.25, 0.3) is 0 Å². The lowest BCUT2D eigenvalue weighted by Crippen LogP contribution is -2.38. The van der Waals surface area contributed by atoms with Gasteiger partial charge in [0.25, 0.3) is 0 Å². The van der Waals surface area contributed by atoms with Gasteiger partial charge in [0.1, 0.15) is 11.3 Å². The minimum Gasteiger partial charge on any atom is -0.494 e. The molecule has 20 heavy (non-hydrogen) atoms. The summed E-state index contributed by atoms with van der Waals surface area (Å²) in [6.45, 7) is 9.12. The molecule has 1 rings (SSSR count). The van der Waals surface area contributed by atoms with Crippen LogP contribution in [0.4, 0.5) is 0 Å². The molecule has 0 radical (unpaired) electrons. The van der Waals surface area contributed by atoms with E-state index < -0.39 is 5.54 Å². The molecule has 1 atom stereocenters. The summed E-state index contributed by atoms with van der Waals surface area (Å²) in [5, 5.41) is 12.1. The molecule has 1 aromatic rings. The number of nitriles is 1. The number of rotatable bonds is 6. The van der Waals surface area contributed by atoms with Crippen molar-refractivity contribution < 1.29 is 4.74 Å². The van der Waals surface area contributed by atoms with E-state index in [-0.39, 0.29) is 5.41 Å². The van der Waals surface area contributed by atoms with Crippen LogP contribution in [-0.2, 0) is 5.41 Å². The number of nitrogens with one attached hydrogen (secondary N) is 1. The lowest BCUT2D eigenvalue weighted by atomic mass is 9.87. The van der Waals surface area contributed by atoms with Gasteiger partial charge in [-0.25, -0.2) is 0 Å². The van der Waals surface area contributed by atoms with Crippen LogP contribution in [0, 0.1) is 11.3 Å². The predicted octanol–water partition coefficient (Wildman–Crippen LogP) is 3.64. The largest absolute Gasteiger partial charge is 0.494 e. The van der Waals surface area contributed by atoms with Gasteiger partial charge in [0.05, 0.1) is 12.7 Å². The molecule has 0 aliphatic rings. The Balaban J connectivity index is 2.50. The number of hydrogen-bond donors (Lipinski definition) is 1. The van der Waals surface area contributed by atoms with Crippen molar-refractivity contribution in [3.8, 4) is 11.8 Å². The highest BCUT2D eigenvalue weighted by atomic mass is 16.5. The molecule has 0 spiro atoms. The van der Waals surface area contributed by atoms with E-state index in [9.17, 15) is 0 Å². The zero-order valence-electron chi connectivity index (χ0n) is 13.3. The molecule has 110 valence electrons. The topological polar surface area (TPSA) is 45.0 Å². The van der Waals surface area contributed by atoms with Crippen LogP contribution < -0.4 is 10.1 Å². The van der Waals surface area contributed by atoms with Crippen molar-refractivity contribution in [2.24, 2.45) is 0 Å². The molecule has 0 aliphatic heterocycles. The van der Waals surface area contributed by atoms with Gasteiger partial charge in [-0.15, -0.1) is 0 Å². The fourth-order valence-electron chi connectivity index (χ4n) is 1.90. The second-order valence-corrected chi connectivity index (χ2v) is 6.42. The van der Waals surface area contributed by atoms with Gasteiger partial charge in [-0.2, -0.15) is 5.26 Å². The van der Waals surface area contributed by atoms with Crippen molar-refractivity contribution in [1.82, 2.24) is 5.32 Å². The zero-order valence-corrected chi connectivity index (χ0v) is 13.3. The van der Waals surface area contributed by atoms with E-state index in [2.05, 4.69) is 44.3 Å². The molecule has 1 N–H and O–H groups in total. The first kappa shape index (κ1) is 16.5. The third-order valence-electron chi connectivity index (χ3n) is 3.59. The van der Waals surface area contributed by atoms with Crippen LogP contribution in [0.3, 0.4) is 0 Å². The second kappa shape index (κ2) is 6.76. The van der Waals surface area contributed by atoms with Crippen LogP contribution in [0.5, 0.6) is 5.75 Å². The van der Waals surface area contributed by atoms with Gasteiger partial charge < -0.3 is 10.1 Å². The SMILES string of the molecule is CNC(C)(C#N)CCCOc1cccc(C(C)(C)C)c1. The molecule has 0 amide bonds. The fourth-order valence-corrected chi connectivity index (χ4v) is 1.90. The minimum absolute atomic E-state index is 0.130. The van der Waals surface area contributed by atoms with Crippen LogP contribution >= 0.6 is 0 Å². The summed E-state index contributed by atoms with van der Waals surface area (Å²) in [4.78, 5) is 0. The Morgan fingerprint density at radius 3 is 2.50 bits per heavy atom. The Morgan fingerprint density at radius 2 is 1.95 bits per heavy atom. The Morgan fingerprint density at radius 1 is 1.25 bits per heavy atom. The molecule has 0 heterocycles. The van der Waals surface area contributed by atoms with Crippen LogP contribution in [0.1, 0.15) is 46.1 Å². The molecular weight excluding hydrogens is 248 g/mol. The highest BCUT2D eigenvalue weighted by Crippen LogP contribution is 2.25. The summed E-state index contributed by atoms with van der Waals surface area (Å²) in [7, 11) is 1.82. The van der Waals surface area contributed by atoms with E-state index in [1.165, 1.54) is 5.56 Å². The molecular formula is C17H26N2O. The molecule has 0 saturated heterocycles. The average molecular weight is 274 g/mol. The van der Waals surface area contributed by atoms with Crippen LogP contribution in [0.15, 0.2) is 24.3 Å². The van der Waals surface area contributed by atoms with E-state index >= 15 is 0 Å². The van der Waals surface area contributed by atoms with Crippen molar-refractivity contribution in [1.29, 1.82) is 5.26 Å². The highest BCUT2D eigenvalue weighted by Gasteiger charge is 2.20. The maximum absolute atomic E-state index is 9.07. The minimum atomic E-state index is -0.462. The summed E-state index contributed by atoms with van der Waals surface area (Å²) in [6.07, 6.45) is 1.63. The molecule has 1 aromatic carbocycles. The third-order valence-corrected chi connectivity index (χ3v) is 3.59. The van der Waals surface area contributed by atoms with Crippen molar-refractivity contribution in [3.63, 3.8) is 0 Å². The van der Waals surface area contributed by atoms with Crippen LogP contribution in [0.2, 0.25) is 0 Å². The van der Waals surface area contributed by atoms with E-state index in [4.69, 9.17) is 10.00 Å². The van der Waals surface area contributed by atoms with Crippen molar-refractivity contribution in [2.45, 2.75) is 51.5 Å². The van der Waals surface area contributed by atoms with Gasteiger partial charge in [-0.3, -0.25) is 0 Å². The summed E-state index contributed by atoms with van der Waals surface area (Å²) >= 11 is 0. The highest BCUT2D eigenvalue weighted by molar-refractivity contribution is 5.32. The molecule has 0 saturated carbocycles. The Labute approximate surface area is 123 Å². The van der Waals surface area contributed by atoms with Gasteiger partial charge in [-0.1, -0.05) is 32.9 Å². The van der Waals surface area contributed by atoms with Gasteiger partial charge >= 0.3 is 0 Å². The number of ether oxygens (including phenoxy) is 1. The quantitative estimate of drug-likeness (QED) is 0.805. The van der Waals surface area contributed by atoms with Crippen LogP contribution in [-0.4, -0.2) is 19.2 Å². The van der Waals surface area contributed by atoms with Gasteiger partial charge in [0.15, 0.2) is 0 Å². The third kappa shape index (κ3) is 4.86. The van der Waals surface area contributed by atoms with Gasteiger partial charge in [0, 0.05) is 0 Å². The smallest absolute Gasteiger partial charge is 0.119 e. The molecule has 3 nitrogen and oxygen atoms in total. The summed E-state index contributed by atoms with van der Waals surface area (Å²) in [5.41, 5.74) is 0.939. The Bertz CT molecular complexity index is 471. The normalized spacial score (nSPS) is 14.4. The van der Waals surface area contributed by atoms with E-state index in [0.29, 0.717) is 6.61 Å². The maximum Gasteiger partial charge on any atom is 0.119 e. The van der Waals surface area contributed by atoms with Gasteiger partial charge in [0.2, 0.25) is 0 Å². The summed E-state index contributed by atoms with van der Waals surface area (Å²) in [5.74, 6) is 0.903. The zero-order chi connectivity index (χ0) is 15.2. The lowest BCUT2D eigenvalue weighted by Gasteiger charge is -2.21. The molecule has 0 aromatic heterocycles. The number of benzene rings is 1. The average Bonchev–Trinajstić information content (AvgIpc) is 2.43. The maximum atomic E-state index is 9.07. The Kier molecular flexibility index (Phi) is 5.59. The number of nitrogens with zero attached hydrogens (tertiary/aromatic N) is 1. The molecule has 1 unspecified atom stereocenters. The number of hydrogen-bond acceptors (Lipinski definition) is 3. The Hall–Kier alpha value is -1.53. The second-order valence-electron chi connectivity index (χ2n) is 6.42. The first-order valence-corrected chi connectivity index (χ1v) is 7.14. The predicted molar refractivity (Wildman–Crippen MR) is 82.9 cm³/mol. The summed E-state index contributed by atoms with van der Waals surface area (Å²) in [6, 6.07) is 10.5. The van der Waals surface area contributed by atoms with Crippen molar-refractivity contribution in [3.05, 3.63) is 29.8 Å². The fraction of sp³-hybridized carbons (Fsp3) is 0.588. The summed E-state index contributed by atoms with van der Waals surface area (Å²) < 4.78 is 5.79. The van der Waals surface area contributed by atoms with E-state index in [1.54, 1.807) is 0 Å². The molecule has 3 heteroatoms. The van der Waals surface area contributed by atoms with Crippen molar-refractivity contribution >= 4 is 0 Å². The molecule has 0 bridgehead atoms. The van der Waals surface area contributed by atoms with Gasteiger partial charge in [-0.05, 0) is 49.9 Å². The molecule has 0 aliphatic carbocycles. The van der Waals surface area contributed by atoms with Crippen molar-refractivity contribution in [2.75, 3.05) is 13.7 Å². The monoisotopic (exact) mass is 274 g/mol. The van der Waals surface area contributed by atoms with E-state index in [1.807, 2.05) is 26.1 Å². The first-order valence-electron chi connectivity index (χ1n) is 7.14. The lowest BCUT2D eigenvalue weighted by molar-refractivity contribution is 0.288. The molecule has 0 fully saturated rings.